The van der Waals surface area contributed by atoms with Crippen molar-refractivity contribution in [2.24, 2.45) is 0 Å². The highest BCUT2D eigenvalue weighted by atomic mass is 32.2. The minimum atomic E-state index is -0.228. The van der Waals surface area contributed by atoms with Crippen LogP contribution in [0.25, 0.3) is 11.6 Å². The van der Waals surface area contributed by atoms with Crippen molar-refractivity contribution in [1.29, 1.82) is 0 Å². The van der Waals surface area contributed by atoms with Gasteiger partial charge in [0.2, 0.25) is 11.8 Å². The first-order chi connectivity index (χ1) is 14.5. The topological polar surface area (TPSA) is 93.3 Å². The van der Waals surface area contributed by atoms with Crippen LogP contribution in [-0.2, 0) is 22.6 Å². The van der Waals surface area contributed by atoms with E-state index in [0.29, 0.717) is 23.3 Å². The van der Waals surface area contributed by atoms with E-state index in [0.717, 1.165) is 17.7 Å². The van der Waals surface area contributed by atoms with Crippen LogP contribution in [0.3, 0.4) is 0 Å². The number of amides is 2. The molecule has 0 spiro atoms. The molecule has 0 aliphatic carbocycles. The molecule has 0 fully saturated rings. The minimum absolute atomic E-state index is 0.0183. The standard InChI is InChI=1S/C21H25N5O3S/c1-4-15-9-6-7-10-16(15)22-18(27)13-25(3)19(28)14-30-21-24-23-20(26(21)5-2)17-11-8-12-29-17/h6-12H,4-5,13-14H2,1-3H3,(H,22,27). The number of nitrogens with one attached hydrogen (secondary N) is 1. The highest BCUT2D eigenvalue weighted by Crippen LogP contribution is 2.24. The molecule has 0 radical (unpaired) electrons. The minimum Gasteiger partial charge on any atom is -0.461 e. The molecule has 2 aromatic heterocycles. The van der Waals surface area contributed by atoms with Crippen LogP contribution in [0.15, 0.2) is 52.2 Å². The van der Waals surface area contributed by atoms with Crippen LogP contribution in [0.5, 0.6) is 0 Å². The van der Waals surface area contributed by atoms with Crippen molar-refractivity contribution in [2.45, 2.75) is 32.0 Å². The van der Waals surface area contributed by atoms with E-state index < -0.39 is 0 Å². The summed E-state index contributed by atoms with van der Waals surface area (Å²) in [5.41, 5.74) is 1.84. The number of benzene rings is 1. The number of likely N-dealkylation sites (N-methyl/N-ethyl adjacent to an activating group) is 1. The molecule has 0 aliphatic rings. The zero-order chi connectivity index (χ0) is 21.5. The monoisotopic (exact) mass is 427 g/mol. The van der Waals surface area contributed by atoms with Crippen LogP contribution < -0.4 is 5.32 Å². The lowest BCUT2D eigenvalue weighted by molar-refractivity contribution is -0.131. The van der Waals surface area contributed by atoms with E-state index in [9.17, 15) is 9.59 Å². The molecule has 158 valence electrons. The summed E-state index contributed by atoms with van der Waals surface area (Å²) in [7, 11) is 1.62. The van der Waals surface area contributed by atoms with Gasteiger partial charge in [0.15, 0.2) is 16.7 Å². The number of para-hydroxylation sites is 1. The molecule has 0 saturated heterocycles. The van der Waals surface area contributed by atoms with Gasteiger partial charge in [0.05, 0.1) is 18.6 Å². The normalized spacial score (nSPS) is 10.8. The fraction of sp³-hybridized carbons (Fsp3) is 0.333. The molecule has 2 heterocycles. The second kappa shape index (κ2) is 10.1. The van der Waals surface area contributed by atoms with E-state index >= 15 is 0 Å². The van der Waals surface area contributed by atoms with Gasteiger partial charge in [-0.3, -0.25) is 14.2 Å². The quantitative estimate of drug-likeness (QED) is 0.527. The van der Waals surface area contributed by atoms with Crippen molar-refractivity contribution in [3.63, 3.8) is 0 Å². The number of nitrogens with zero attached hydrogens (tertiary/aromatic N) is 4. The maximum atomic E-state index is 12.5. The Bertz CT molecular complexity index is 1000. The van der Waals surface area contributed by atoms with Crippen molar-refractivity contribution < 1.29 is 14.0 Å². The third-order valence-electron chi connectivity index (χ3n) is 4.58. The number of aromatic nitrogens is 3. The molecule has 2 amide bonds. The molecule has 30 heavy (non-hydrogen) atoms. The highest BCUT2D eigenvalue weighted by Gasteiger charge is 2.18. The second-order valence-electron chi connectivity index (χ2n) is 6.63. The van der Waals surface area contributed by atoms with Gasteiger partial charge in [-0.25, -0.2) is 0 Å². The van der Waals surface area contributed by atoms with Gasteiger partial charge < -0.3 is 14.6 Å². The van der Waals surface area contributed by atoms with E-state index in [1.54, 1.807) is 19.4 Å². The molecule has 0 unspecified atom stereocenters. The number of furan rings is 1. The first kappa shape index (κ1) is 21.6. The van der Waals surface area contributed by atoms with E-state index in [1.807, 2.05) is 48.7 Å². The molecule has 0 aliphatic heterocycles. The molecule has 0 saturated carbocycles. The summed E-state index contributed by atoms with van der Waals surface area (Å²) in [6.45, 7) is 4.64. The Hall–Kier alpha value is -3.07. The number of thioether (sulfide) groups is 1. The van der Waals surface area contributed by atoms with Crippen molar-refractivity contribution in [1.82, 2.24) is 19.7 Å². The molecule has 0 atom stereocenters. The smallest absolute Gasteiger partial charge is 0.243 e. The van der Waals surface area contributed by atoms with E-state index in [1.165, 1.54) is 16.7 Å². The summed E-state index contributed by atoms with van der Waals surface area (Å²) >= 11 is 1.29. The summed E-state index contributed by atoms with van der Waals surface area (Å²) in [6.07, 6.45) is 2.40. The Morgan fingerprint density at radius 3 is 2.67 bits per heavy atom. The summed E-state index contributed by atoms with van der Waals surface area (Å²) in [5, 5.41) is 11.9. The van der Waals surface area contributed by atoms with Gasteiger partial charge in [-0.2, -0.15) is 0 Å². The van der Waals surface area contributed by atoms with Gasteiger partial charge in [-0.05, 0) is 37.1 Å². The summed E-state index contributed by atoms with van der Waals surface area (Å²) in [5.74, 6) is 1.02. The lowest BCUT2D eigenvalue weighted by Gasteiger charge is -2.17. The summed E-state index contributed by atoms with van der Waals surface area (Å²) < 4.78 is 7.29. The number of hydrogen-bond acceptors (Lipinski definition) is 6. The van der Waals surface area contributed by atoms with Gasteiger partial charge >= 0.3 is 0 Å². The molecular weight excluding hydrogens is 402 g/mol. The molecule has 3 rings (SSSR count). The molecular formula is C21H25N5O3S. The Balaban J connectivity index is 1.55. The maximum Gasteiger partial charge on any atom is 0.243 e. The number of hydrogen-bond donors (Lipinski definition) is 1. The zero-order valence-corrected chi connectivity index (χ0v) is 18.1. The fourth-order valence-corrected chi connectivity index (χ4v) is 3.89. The number of anilines is 1. The summed E-state index contributed by atoms with van der Waals surface area (Å²) in [4.78, 5) is 26.3. The van der Waals surface area contributed by atoms with Crippen LogP contribution in [0.1, 0.15) is 19.4 Å². The number of aryl methyl sites for hydroxylation is 1. The van der Waals surface area contributed by atoms with Gasteiger partial charge in [0.1, 0.15) is 0 Å². The van der Waals surface area contributed by atoms with Gasteiger partial charge in [0, 0.05) is 19.3 Å². The van der Waals surface area contributed by atoms with Gasteiger partial charge in [-0.15, -0.1) is 10.2 Å². The Morgan fingerprint density at radius 1 is 1.17 bits per heavy atom. The average molecular weight is 428 g/mol. The molecule has 1 N–H and O–H groups in total. The molecule has 3 aromatic rings. The van der Waals surface area contributed by atoms with Crippen LogP contribution >= 0.6 is 11.8 Å². The third kappa shape index (κ3) is 5.10. The van der Waals surface area contributed by atoms with Crippen molar-refractivity contribution in [3.8, 4) is 11.6 Å². The number of rotatable bonds is 9. The van der Waals surface area contributed by atoms with Crippen LogP contribution in [0, 0.1) is 0 Å². The number of carbonyl (C=O) groups excluding carboxylic acids is 2. The second-order valence-corrected chi connectivity index (χ2v) is 7.57. The number of carbonyl (C=O) groups is 2. The maximum absolute atomic E-state index is 12.5. The average Bonchev–Trinajstić information content (AvgIpc) is 3.41. The predicted octanol–water partition coefficient (Wildman–Crippen LogP) is 3.31. The molecule has 9 heteroatoms. The van der Waals surface area contributed by atoms with Crippen LogP contribution in [-0.4, -0.2) is 50.8 Å². The van der Waals surface area contributed by atoms with Crippen molar-refractivity contribution in [2.75, 3.05) is 24.7 Å². The van der Waals surface area contributed by atoms with E-state index in [4.69, 9.17) is 4.42 Å². The first-order valence-corrected chi connectivity index (χ1v) is 10.7. The zero-order valence-electron chi connectivity index (χ0n) is 17.3. The molecule has 1 aromatic carbocycles. The lowest BCUT2D eigenvalue weighted by Crippen LogP contribution is -2.36. The SMILES string of the molecule is CCc1ccccc1NC(=O)CN(C)C(=O)CSc1nnc(-c2ccco2)n1CC. The Labute approximate surface area is 179 Å². The van der Waals surface area contributed by atoms with Crippen molar-refractivity contribution >= 4 is 29.3 Å². The lowest BCUT2D eigenvalue weighted by atomic mass is 10.1. The highest BCUT2D eigenvalue weighted by molar-refractivity contribution is 7.99. The van der Waals surface area contributed by atoms with E-state index in [-0.39, 0.29) is 24.1 Å². The molecule has 0 bridgehead atoms. The van der Waals surface area contributed by atoms with Crippen molar-refractivity contribution in [3.05, 3.63) is 48.2 Å². The Morgan fingerprint density at radius 2 is 1.97 bits per heavy atom. The third-order valence-corrected chi connectivity index (χ3v) is 5.53. The first-order valence-electron chi connectivity index (χ1n) is 9.75. The summed E-state index contributed by atoms with van der Waals surface area (Å²) in [6, 6.07) is 11.3. The van der Waals surface area contributed by atoms with Gasteiger partial charge in [0.25, 0.3) is 0 Å². The largest absolute Gasteiger partial charge is 0.461 e. The molecule has 8 nitrogen and oxygen atoms in total. The van der Waals surface area contributed by atoms with Crippen LogP contribution in [0.2, 0.25) is 0 Å². The van der Waals surface area contributed by atoms with E-state index in [2.05, 4.69) is 15.5 Å². The van der Waals surface area contributed by atoms with Crippen LogP contribution in [0.4, 0.5) is 5.69 Å². The predicted molar refractivity (Wildman–Crippen MR) is 116 cm³/mol. The van der Waals surface area contributed by atoms with Gasteiger partial charge in [-0.1, -0.05) is 36.9 Å². The Kier molecular flexibility index (Phi) is 7.29. The fourth-order valence-electron chi connectivity index (χ4n) is 2.95.